The molecule has 0 amide bonds. The van der Waals surface area contributed by atoms with Crippen molar-refractivity contribution in [2.45, 2.75) is 0 Å². The van der Waals surface area contributed by atoms with Gasteiger partial charge in [-0.2, -0.15) is 0 Å². The molecule has 0 fully saturated rings. The van der Waals surface area contributed by atoms with Crippen LogP contribution in [-0.4, -0.2) is 17.0 Å². The minimum Gasteiger partial charge on any atom is -0.478 e. The molecule has 0 saturated carbocycles. The lowest BCUT2D eigenvalue weighted by Crippen LogP contribution is -2.09. The first-order chi connectivity index (χ1) is 9.08. The number of carboxylic acid groups (broad SMARTS) is 1. The van der Waals surface area contributed by atoms with Crippen LogP contribution < -0.4 is 4.74 Å². The van der Waals surface area contributed by atoms with Gasteiger partial charge in [0.15, 0.2) is 0 Å². The minimum atomic E-state index is -1.09. The highest BCUT2D eigenvalue weighted by Crippen LogP contribution is 2.19. The Morgan fingerprint density at radius 3 is 2.47 bits per heavy atom. The molecule has 0 aromatic heterocycles. The number of esters is 1. The fourth-order valence-electron chi connectivity index (χ4n) is 1.48. The van der Waals surface area contributed by atoms with Crippen molar-refractivity contribution in [3.8, 4) is 5.75 Å². The van der Waals surface area contributed by atoms with E-state index >= 15 is 0 Å². The predicted molar refractivity (Wildman–Crippen MR) is 69.8 cm³/mol. The van der Waals surface area contributed by atoms with E-state index in [1.54, 1.807) is 18.2 Å². The smallest absolute Gasteiger partial charge is 0.345 e. The molecular formula is C14H9ClO4. The largest absolute Gasteiger partial charge is 0.478 e. The number of ether oxygens (including phenoxy) is 1. The SMILES string of the molecule is O=C(O)c1cccc(OC(=O)c2ccccc2Cl)c1. The number of carboxylic acids is 1. The van der Waals surface area contributed by atoms with Gasteiger partial charge in [-0.15, -0.1) is 0 Å². The molecule has 0 aliphatic rings. The van der Waals surface area contributed by atoms with Crippen molar-refractivity contribution in [3.05, 3.63) is 64.7 Å². The quantitative estimate of drug-likeness (QED) is 0.690. The number of halogens is 1. The van der Waals surface area contributed by atoms with E-state index < -0.39 is 11.9 Å². The zero-order valence-electron chi connectivity index (χ0n) is 9.67. The highest BCUT2D eigenvalue weighted by Gasteiger charge is 2.13. The summed E-state index contributed by atoms with van der Waals surface area (Å²) in [7, 11) is 0. The van der Waals surface area contributed by atoms with E-state index in [9.17, 15) is 9.59 Å². The first-order valence-corrected chi connectivity index (χ1v) is 5.76. The van der Waals surface area contributed by atoms with Crippen molar-refractivity contribution < 1.29 is 19.4 Å². The summed E-state index contributed by atoms with van der Waals surface area (Å²) in [5.41, 5.74) is 0.273. The van der Waals surface area contributed by atoms with E-state index in [0.29, 0.717) is 0 Å². The van der Waals surface area contributed by atoms with Crippen molar-refractivity contribution in [3.63, 3.8) is 0 Å². The third-order valence-corrected chi connectivity index (χ3v) is 2.71. The summed E-state index contributed by atoms with van der Waals surface area (Å²) in [6.45, 7) is 0. The number of aromatic carboxylic acids is 1. The van der Waals surface area contributed by atoms with E-state index in [0.717, 1.165) is 0 Å². The van der Waals surface area contributed by atoms with Gasteiger partial charge in [-0.25, -0.2) is 9.59 Å². The first kappa shape index (κ1) is 13.1. The number of hydrogen-bond acceptors (Lipinski definition) is 3. The van der Waals surface area contributed by atoms with Gasteiger partial charge in [-0.05, 0) is 30.3 Å². The number of carbonyl (C=O) groups excluding carboxylic acids is 1. The Bertz CT molecular complexity index is 637. The second kappa shape index (κ2) is 5.54. The predicted octanol–water partition coefficient (Wildman–Crippen LogP) is 3.26. The zero-order chi connectivity index (χ0) is 13.8. The standard InChI is InChI=1S/C14H9ClO4/c15-12-7-2-1-6-11(12)14(18)19-10-5-3-4-9(8-10)13(16)17/h1-8H,(H,16,17). The highest BCUT2D eigenvalue weighted by atomic mass is 35.5. The van der Waals surface area contributed by atoms with E-state index in [4.69, 9.17) is 21.4 Å². The van der Waals surface area contributed by atoms with Crippen LogP contribution in [0.2, 0.25) is 5.02 Å². The van der Waals surface area contributed by atoms with Gasteiger partial charge < -0.3 is 9.84 Å². The fourth-order valence-corrected chi connectivity index (χ4v) is 1.69. The normalized spacial score (nSPS) is 9.95. The van der Waals surface area contributed by atoms with Crippen LogP contribution in [0.4, 0.5) is 0 Å². The van der Waals surface area contributed by atoms with Crippen LogP contribution in [0.3, 0.4) is 0 Å². The molecule has 0 saturated heterocycles. The number of benzene rings is 2. The molecule has 4 nitrogen and oxygen atoms in total. The maximum absolute atomic E-state index is 11.9. The summed E-state index contributed by atoms with van der Waals surface area (Å²) >= 11 is 5.87. The Balaban J connectivity index is 2.22. The monoisotopic (exact) mass is 276 g/mol. The molecule has 0 spiro atoms. The number of rotatable bonds is 3. The topological polar surface area (TPSA) is 63.6 Å². The summed E-state index contributed by atoms with van der Waals surface area (Å²) in [6.07, 6.45) is 0. The molecule has 5 heteroatoms. The van der Waals surface area contributed by atoms with Gasteiger partial charge in [-0.1, -0.05) is 29.8 Å². The third-order valence-electron chi connectivity index (χ3n) is 2.39. The third kappa shape index (κ3) is 3.11. The maximum Gasteiger partial charge on any atom is 0.345 e. The maximum atomic E-state index is 11.9. The molecule has 0 bridgehead atoms. The van der Waals surface area contributed by atoms with Crippen molar-refractivity contribution in [1.82, 2.24) is 0 Å². The average molecular weight is 277 g/mol. The van der Waals surface area contributed by atoms with E-state index in [2.05, 4.69) is 0 Å². The van der Waals surface area contributed by atoms with Crippen LogP contribution >= 0.6 is 11.6 Å². The molecule has 1 N–H and O–H groups in total. The number of hydrogen-bond donors (Lipinski definition) is 1. The van der Waals surface area contributed by atoms with Crippen LogP contribution in [0.25, 0.3) is 0 Å². The zero-order valence-corrected chi connectivity index (χ0v) is 10.4. The van der Waals surface area contributed by atoms with Crippen LogP contribution in [0.1, 0.15) is 20.7 Å². The molecule has 2 aromatic carbocycles. The Morgan fingerprint density at radius 1 is 1.05 bits per heavy atom. The van der Waals surface area contributed by atoms with E-state index in [-0.39, 0.29) is 21.9 Å². The van der Waals surface area contributed by atoms with Gasteiger partial charge in [0.1, 0.15) is 5.75 Å². The lowest BCUT2D eigenvalue weighted by molar-refractivity contribution is 0.0687. The molecular weight excluding hydrogens is 268 g/mol. The summed E-state index contributed by atoms with van der Waals surface area (Å²) in [5, 5.41) is 9.12. The summed E-state index contributed by atoms with van der Waals surface area (Å²) in [6, 6.07) is 12.2. The van der Waals surface area contributed by atoms with Crippen LogP contribution in [0.15, 0.2) is 48.5 Å². The Labute approximate surface area is 114 Å². The van der Waals surface area contributed by atoms with Gasteiger partial charge in [0.25, 0.3) is 0 Å². The molecule has 0 radical (unpaired) electrons. The van der Waals surface area contributed by atoms with Crippen molar-refractivity contribution in [2.24, 2.45) is 0 Å². The molecule has 19 heavy (non-hydrogen) atoms. The average Bonchev–Trinajstić information content (AvgIpc) is 2.39. The molecule has 0 aliphatic heterocycles. The van der Waals surface area contributed by atoms with Crippen LogP contribution in [0.5, 0.6) is 5.75 Å². The molecule has 2 aromatic rings. The summed E-state index contributed by atoms with van der Waals surface area (Å²) in [5.74, 6) is -1.56. The molecule has 96 valence electrons. The van der Waals surface area contributed by atoms with Gasteiger partial charge in [0, 0.05) is 0 Å². The fraction of sp³-hybridized carbons (Fsp3) is 0. The summed E-state index contributed by atoms with van der Waals surface area (Å²) < 4.78 is 5.09. The van der Waals surface area contributed by atoms with Gasteiger partial charge in [0.2, 0.25) is 0 Å². The van der Waals surface area contributed by atoms with Crippen LogP contribution in [0, 0.1) is 0 Å². The Hall–Kier alpha value is -2.33. The van der Waals surface area contributed by atoms with E-state index in [1.807, 2.05) is 0 Å². The van der Waals surface area contributed by atoms with Gasteiger partial charge in [0.05, 0.1) is 16.1 Å². The second-order valence-electron chi connectivity index (χ2n) is 3.70. The van der Waals surface area contributed by atoms with Crippen molar-refractivity contribution in [1.29, 1.82) is 0 Å². The highest BCUT2D eigenvalue weighted by molar-refractivity contribution is 6.33. The molecule has 0 aliphatic carbocycles. The molecule has 0 heterocycles. The number of carbonyl (C=O) groups is 2. The minimum absolute atomic E-state index is 0.0458. The second-order valence-corrected chi connectivity index (χ2v) is 4.11. The Morgan fingerprint density at radius 2 is 1.79 bits per heavy atom. The first-order valence-electron chi connectivity index (χ1n) is 5.38. The lowest BCUT2D eigenvalue weighted by atomic mass is 10.2. The van der Waals surface area contributed by atoms with Crippen LogP contribution in [-0.2, 0) is 0 Å². The van der Waals surface area contributed by atoms with Crippen molar-refractivity contribution >= 4 is 23.5 Å². The lowest BCUT2D eigenvalue weighted by Gasteiger charge is -2.06. The molecule has 0 unspecified atom stereocenters. The molecule has 0 atom stereocenters. The Kier molecular flexibility index (Phi) is 3.82. The molecule has 2 rings (SSSR count). The van der Waals surface area contributed by atoms with Gasteiger partial charge >= 0.3 is 11.9 Å². The summed E-state index contributed by atoms with van der Waals surface area (Å²) in [4.78, 5) is 22.7. The van der Waals surface area contributed by atoms with Crippen molar-refractivity contribution in [2.75, 3.05) is 0 Å². The van der Waals surface area contributed by atoms with E-state index in [1.165, 1.54) is 30.3 Å². The van der Waals surface area contributed by atoms with Gasteiger partial charge in [-0.3, -0.25) is 0 Å².